The van der Waals surface area contributed by atoms with Gasteiger partial charge in [0.2, 0.25) is 5.82 Å². The number of nitrogen functional groups attached to an aromatic ring is 1. The number of rotatable bonds is 3. The maximum Gasteiger partial charge on any atom is 0.285 e. The Morgan fingerprint density at radius 2 is 2.43 bits per heavy atom. The molecule has 0 saturated carbocycles. The van der Waals surface area contributed by atoms with Crippen LogP contribution in [-0.4, -0.2) is 35.0 Å². The number of aromatic amines is 1. The summed E-state index contributed by atoms with van der Waals surface area (Å²) >= 11 is 0. The van der Waals surface area contributed by atoms with Gasteiger partial charge >= 0.3 is 0 Å². The molecule has 0 aliphatic carbocycles. The third kappa shape index (κ3) is 2.26. The second-order valence-electron chi connectivity index (χ2n) is 2.61. The lowest BCUT2D eigenvalue weighted by atomic mass is 10.4. The van der Waals surface area contributed by atoms with Gasteiger partial charge in [-0.1, -0.05) is 5.22 Å². The zero-order valence-electron chi connectivity index (χ0n) is 7.85. The van der Waals surface area contributed by atoms with Gasteiger partial charge in [0, 0.05) is 14.1 Å². The van der Waals surface area contributed by atoms with Crippen LogP contribution in [-0.2, 0) is 0 Å². The number of nitrogens with one attached hydrogen (secondary N) is 2. The lowest BCUT2D eigenvalue weighted by molar-refractivity contribution is 0.0950. The maximum atomic E-state index is 11.1. The number of hydrogen-bond donors (Lipinski definition) is 3. The van der Waals surface area contributed by atoms with Crippen LogP contribution in [0, 0.1) is 0 Å². The Morgan fingerprint density at radius 1 is 1.71 bits per heavy atom. The number of carbonyl (C=O) groups excluding carboxylic acids is 1. The van der Waals surface area contributed by atoms with E-state index in [0.717, 1.165) is 0 Å². The van der Waals surface area contributed by atoms with Crippen LogP contribution < -0.4 is 11.3 Å². The molecule has 76 valence electrons. The van der Waals surface area contributed by atoms with Crippen LogP contribution in [0.5, 0.6) is 0 Å². The Bertz CT molecular complexity index is 342. The van der Waals surface area contributed by atoms with Crippen LogP contribution in [0.2, 0.25) is 0 Å². The normalized spacial score (nSPS) is 10.5. The first-order chi connectivity index (χ1) is 6.65. The van der Waals surface area contributed by atoms with Crippen molar-refractivity contribution in [1.82, 2.24) is 20.4 Å². The molecule has 0 bridgehead atoms. The van der Waals surface area contributed by atoms with Crippen molar-refractivity contribution in [3.63, 3.8) is 0 Å². The topological polar surface area (TPSA) is 112 Å². The average molecular weight is 197 g/mol. The predicted molar refractivity (Wildman–Crippen MR) is 48.4 cm³/mol. The van der Waals surface area contributed by atoms with E-state index >= 15 is 0 Å². The monoisotopic (exact) mass is 197 g/mol. The van der Waals surface area contributed by atoms with Gasteiger partial charge in [0.05, 0.1) is 6.33 Å². The van der Waals surface area contributed by atoms with Gasteiger partial charge in [0.15, 0.2) is 5.69 Å². The highest BCUT2D eigenvalue weighted by molar-refractivity contribution is 5.95. The van der Waals surface area contributed by atoms with Crippen molar-refractivity contribution >= 4 is 11.7 Å². The molecule has 0 spiro atoms. The van der Waals surface area contributed by atoms with Crippen molar-refractivity contribution in [3.05, 3.63) is 12.0 Å². The molecule has 8 heteroatoms. The molecule has 0 saturated heterocycles. The van der Waals surface area contributed by atoms with Gasteiger partial charge in [-0.3, -0.25) is 15.2 Å². The van der Waals surface area contributed by atoms with E-state index in [1.54, 1.807) is 14.1 Å². The highest BCUT2D eigenvalue weighted by Gasteiger charge is 2.12. The van der Waals surface area contributed by atoms with Crippen LogP contribution in [0.3, 0.4) is 0 Å². The zero-order valence-corrected chi connectivity index (χ0v) is 7.85. The number of amides is 1. The summed E-state index contributed by atoms with van der Waals surface area (Å²) in [7, 11) is 3.41. The first-order valence-electron chi connectivity index (χ1n) is 3.78. The molecule has 0 aromatic carbocycles. The van der Waals surface area contributed by atoms with Crippen LogP contribution >= 0.6 is 0 Å². The van der Waals surface area contributed by atoms with Crippen molar-refractivity contribution in [2.75, 3.05) is 14.1 Å². The third-order valence-electron chi connectivity index (χ3n) is 1.30. The van der Waals surface area contributed by atoms with Crippen molar-refractivity contribution in [2.45, 2.75) is 0 Å². The van der Waals surface area contributed by atoms with Crippen molar-refractivity contribution in [2.24, 2.45) is 16.2 Å². The van der Waals surface area contributed by atoms with Gasteiger partial charge in [-0.15, -0.1) is 5.11 Å². The summed E-state index contributed by atoms with van der Waals surface area (Å²) in [6.45, 7) is 0. The lowest BCUT2D eigenvalue weighted by Crippen LogP contribution is -2.30. The predicted octanol–water partition coefficient (Wildman–Crippen LogP) is -0.427. The molecule has 0 aliphatic heterocycles. The van der Waals surface area contributed by atoms with Crippen molar-refractivity contribution in [1.29, 1.82) is 0 Å². The van der Waals surface area contributed by atoms with Crippen molar-refractivity contribution < 1.29 is 4.79 Å². The maximum absolute atomic E-state index is 11.1. The van der Waals surface area contributed by atoms with E-state index in [1.165, 1.54) is 11.3 Å². The summed E-state index contributed by atoms with van der Waals surface area (Å²) in [6.07, 6.45) is 1.34. The molecule has 4 N–H and O–H groups in total. The quantitative estimate of drug-likeness (QED) is 0.264. The summed E-state index contributed by atoms with van der Waals surface area (Å²) in [6, 6.07) is 0. The van der Waals surface area contributed by atoms with Crippen LogP contribution in [0.1, 0.15) is 10.5 Å². The number of nitrogens with two attached hydrogens (primary N) is 1. The largest absolute Gasteiger partial charge is 0.339 e. The Labute approximate surface area is 80.2 Å². The van der Waals surface area contributed by atoms with Gasteiger partial charge in [-0.2, -0.15) is 0 Å². The molecule has 0 radical (unpaired) electrons. The molecule has 8 nitrogen and oxygen atoms in total. The van der Waals surface area contributed by atoms with Gasteiger partial charge in [0.1, 0.15) is 0 Å². The van der Waals surface area contributed by atoms with E-state index in [-0.39, 0.29) is 11.5 Å². The summed E-state index contributed by atoms with van der Waals surface area (Å²) in [4.78, 5) is 17.5. The summed E-state index contributed by atoms with van der Waals surface area (Å²) < 4.78 is 0. The first kappa shape index (κ1) is 10.1. The molecule has 1 aromatic heterocycles. The Morgan fingerprint density at radius 3 is 3.00 bits per heavy atom. The summed E-state index contributed by atoms with van der Waals surface area (Å²) in [5.74, 6) is 4.66. The van der Waals surface area contributed by atoms with Crippen LogP contribution in [0.4, 0.5) is 5.82 Å². The minimum absolute atomic E-state index is 0.179. The molecule has 1 aromatic rings. The summed E-state index contributed by atoms with van der Waals surface area (Å²) in [5.41, 5.74) is 2.15. The fourth-order valence-electron chi connectivity index (χ4n) is 0.734. The fraction of sp³-hybridized carbons (Fsp3) is 0.333. The molecular weight excluding hydrogens is 186 g/mol. The Balaban J connectivity index is 2.88. The van der Waals surface area contributed by atoms with Gasteiger partial charge in [-0.05, 0) is 0 Å². The van der Waals surface area contributed by atoms with E-state index in [2.05, 4.69) is 20.3 Å². The number of nitrogens with zero attached hydrogens (tertiary/aromatic N) is 4. The first-order valence-corrected chi connectivity index (χ1v) is 3.78. The number of aromatic nitrogens is 2. The van der Waals surface area contributed by atoms with Crippen LogP contribution in [0.25, 0.3) is 0 Å². The smallest absolute Gasteiger partial charge is 0.285 e. The molecule has 0 unspecified atom stereocenters. The molecule has 1 rings (SSSR count). The Hall–Kier alpha value is -1.96. The van der Waals surface area contributed by atoms with Crippen LogP contribution in [0.15, 0.2) is 16.7 Å². The van der Waals surface area contributed by atoms with Crippen molar-refractivity contribution in [3.8, 4) is 0 Å². The average Bonchev–Trinajstić information content (AvgIpc) is 2.61. The molecule has 14 heavy (non-hydrogen) atoms. The molecule has 1 amide bonds. The molecule has 1 heterocycles. The second kappa shape index (κ2) is 4.33. The second-order valence-corrected chi connectivity index (χ2v) is 2.61. The van der Waals surface area contributed by atoms with E-state index in [0.29, 0.717) is 0 Å². The zero-order chi connectivity index (χ0) is 10.6. The summed E-state index contributed by atoms with van der Waals surface area (Å²) in [5, 5.41) is 8.91. The highest BCUT2D eigenvalue weighted by atomic mass is 16.2. The highest BCUT2D eigenvalue weighted by Crippen LogP contribution is 2.13. The number of hydrogen-bond acceptors (Lipinski definition) is 5. The number of H-pyrrole nitrogens is 1. The van der Waals surface area contributed by atoms with E-state index in [9.17, 15) is 4.79 Å². The minimum Gasteiger partial charge on any atom is -0.339 e. The van der Waals surface area contributed by atoms with Gasteiger partial charge in [0.25, 0.3) is 5.91 Å². The molecular formula is C6H11N7O. The number of carbonyl (C=O) groups is 1. The minimum atomic E-state index is -0.491. The SMILES string of the molecule is CN(C)N=Nc1nc[nH]c1C(=O)NN. The standard InChI is InChI=1S/C6H11N7O/c1-13(2)12-11-5-4(6(14)10-7)8-3-9-5/h3H,7H2,1-2H3,(H,8,9)(H,10,14). The third-order valence-corrected chi connectivity index (χ3v) is 1.30. The van der Waals surface area contributed by atoms with E-state index in [1.807, 2.05) is 5.43 Å². The lowest BCUT2D eigenvalue weighted by Gasteiger charge is -1.99. The Kier molecular flexibility index (Phi) is 3.13. The van der Waals surface area contributed by atoms with Gasteiger partial charge in [-0.25, -0.2) is 10.8 Å². The number of hydrazine groups is 1. The molecule has 0 aliphatic rings. The van der Waals surface area contributed by atoms with E-state index < -0.39 is 5.91 Å². The fourth-order valence-corrected chi connectivity index (χ4v) is 0.734. The van der Waals surface area contributed by atoms with Gasteiger partial charge < -0.3 is 4.98 Å². The molecule has 0 fully saturated rings. The molecule has 0 atom stereocenters. The number of imidazole rings is 1. The van der Waals surface area contributed by atoms with E-state index in [4.69, 9.17) is 5.84 Å².